The summed E-state index contributed by atoms with van der Waals surface area (Å²) >= 11 is 0. The first-order chi connectivity index (χ1) is 21.4. The standard InChI is InChI=1S/3C8H14N4O3/c3*1-10-7(9)11-4-2-3-5-6(13)15-8(14)12-5/h3*5H,2-4H2,1H3,(H,12,14)(H3,9,10,11)/t3*5-/m000/s1. The van der Waals surface area contributed by atoms with Crippen LogP contribution in [0.3, 0.4) is 0 Å². The minimum atomic E-state index is -0.674. The molecule has 3 rings (SSSR count). The summed E-state index contributed by atoms with van der Waals surface area (Å²) in [4.78, 5) is 76.0. The molecule has 0 radical (unpaired) electrons. The average Bonchev–Trinajstić information content (AvgIpc) is 3.63. The third-order valence-electron chi connectivity index (χ3n) is 5.96. The fourth-order valence-electron chi connectivity index (χ4n) is 3.55. The molecule has 0 aromatic rings. The molecule has 3 aliphatic heterocycles. The number of esters is 3. The van der Waals surface area contributed by atoms with Crippen LogP contribution in [-0.2, 0) is 28.6 Å². The zero-order chi connectivity index (χ0) is 33.8. The van der Waals surface area contributed by atoms with Gasteiger partial charge in [0.25, 0.3) is 0 Å². The lowest BCUT2D eigenvalue weighted by Crippen LogP contribution is -2.34. The van der Waals surface area contributed by atoms with E-state index >= 15 is 0 Å². The highest BCUT2D eigenvalue weighted by molar-refractivity contribution is 5.96. The van der Waals surface area contributed by atoms with Crippen LogP contribution in [0.1, 0.15) is 38.5 Å². The predicted octanol–water partition coefficient (Wildman–Crippen LogP) is -3.19. The number of hydrogen-bond acceptors (Lipinski definition) is 12. The number of amides is 3. The molecule has 0 aromatic heterocycles. The van der Waals surface area contributed by atoms with Crippen molar-refractivity contribution < 1.29 is 43.0 Å². The Morgan fingerprint density at radius 1 is 0.556 bits per heavy atom. The summed E-state index contributed by atoms with van der Waals surface area (Å²) in [7, 11) is 4.74. The molecule has 3 atom stereocenters. The van der Waals surface area contributed by atoms with Crippen molar-refractivity contribution >= 4 is 54.1 Å². The van der Waals surface area contributed by atoms with Crippen LogP contribution >= 0.6 is 0 Å². The number of guanidine groups is 3. The van der Waals surface area contributed by atoms with Crippen molar-refractivity contribution in [2.24, 2.45) is 32.2 Å². The zero-order valence-corrected chi connectivity index (χ0v) is 25.3. The molecule has 12 N–H and O–H groups in total. The Morgan fingerprint density at radius 3 is 0.978 bits per heavy atom. The van der Waals surface area contributed by atoms with E-state index in [2.05, 4.69) is 61.1 Å². The van der Waals surface area contributed by atoms with Gasteiger partial charge < -0.3 is 63.3 Å². The Hall–Kier alpha value is -5.37. The maximum Gasteiger partial charge on any atom is 0.415 e. The van der Waals surface area contributed by atoms with E-state index in [4.69, 9.17) is 17.2 Å². The average molecular weight is 643 g/mol. The number of alkyl carbamates (subject to hydrolysis) is 3. The van der Waals surface area contributed by atoms with Gasteiger partial charge in [0.15, 0.2) is 17.9 Å². The van der Waals surface area contributed by atoms with Crippen molar-refractivity contribution in [1.82, 2.24) is 31.9 Å². The first-order valence-electron chi connectivity index (χ1n) is 13.8. The lowest BCUT2D eigenvalue weighted by Gasteiger charge is -2.06. The number of carbonyl (C=O) groups excluding carboxylic acids is 6. The molecule has 21 nitrogen and oxygen atoms in total. The molecule has 3 amide bonds. The van der Waals surface area contributed by atoms with Gasteiger partial charge in [-0.1, -0.05) is 0 Å². The highest BCUT2D eigenvalue weighted by Gasteiger charge is 2.33. The molecular formula is C24H42N12O9. The van der Waals surface area contributed by atoms with E-state index in [0.717, 1.165) is 0 Å². The molecule has 0 aliphatic carbocycles. The van der Waals surface area contributed by atoms with E-state index in [1.54, 1.807) is 21.1 Å². The van der Waals surface area contributed by atoms with E-state index in [1.807, 2.05) is 0 Å². The number of carbonyl (C=O) groups is 6. The fraction of sp³-hybridized carbons (Fsp3) is 0.625. The van der Waals surface area contributed by atoms with Gasteiger partial charge in [-0.15, -0.1) is 0 Å². The van der Waals surface area contributed by atoms with Crippen LogP contribution in [0.15, 0.2) is 15.0 Å². The van der Waals surface area contributed by atoms with Gasteiger partial charge in [-0.2, -0.15) is 0 Å². The van der Waals surface area contributed by atoms with Crippen LogP contribution < -0.4 is 49.1 Å². The Bertz CT molecular complexity index is 1010. The van der Waals surface area contributed by atoms with Crippen molar-refractivity contribution in [2.45, 2.75) is 56.7 Å². The summed E-state index contributed by atoms with van der Waals surface area (Å²) in [6.45, 7) is 1.80. The van der Waals surface area contributed by atoms with Gasteiger partial charge in [0.1, 0.15) is 18.1 Å². The maximum atomic E-state index is 11.0. The SMILES string of the molecule is CN=C(N)NCCC[C@@H]1NC(=O)OC1=O.CN=C(N)NCCC[C@@H]1NC(=O)OC1=O.CN=C(N)NCCC[C@@H]1NC(=O)OC1=O. The predicted molar refractivity (Wildman–Crippen MR) is 160 cm³/mol. The first kappa shape index (κ1) is 37.7. The number of nitrogens with zero attached hydrogens (tertiary/aromatic N) is 3. The van der Waals surface area contributed by atoms with Gasteiger partial charge >= 0.3 is 36.2 Å². The summed E-state index contributed by atoms with van der Waals surface area (Å²) < 4.78 is 12.9. The van der Waals surface area contributed by atoms with Gasteiger partial charge in [-0.25, -0.2) is 28.8 Å². The van der Waals surface area contributed by atoms with Crippen molar-refractivity contribution in [2.75, 3.05) is 40.8 Å². The van der Waals surface area contributed by atoms with Crippen LogP contribution in [-0.4, -0.2) is 113 Å². The number of nitrogens with one attached hydrogen (secondary N) is 6. The Labute approximate surface area is 258 Å². The Balaban J connectivity index is 0.000000337. The van der Waals surface area contributed by atoms with Crippen LogP contribution in [0, 0.1) is 0 Å². The fourth-order valence-corrected chi connectivity index (χ4v) is 3.55. The smallest absolute Gasteiger partial charge is 0.375 e. The molecule has 0 bridgehead atoms. The summed E-state index contributed by atoms with van der Waals surface area (Å²) in [6.07, 6.45) is 1.62. The lowest BCUT2D eigenvalue weighted by atomic mass is 10.1. The van der Waals surface area contributed by atoms with Gasteiger partial charge in [0, 0.05) is 40.8 Å². The summed E-state index contributed by atoms with van der Waals surface area (Å²) in [6, 6.07) is -1.59. The maximum absolute atomic E-state index is 11.0. The number of rotatable bonds is 12. The molecule has 45 heavy (non-hydrogen) atoms. The van der Waals surface area contributed by atoms with E-state index in [9.17, 15) is 28.8 Å². The van der Waals surface area contributed by atoms with E-state index in [1.165, 1.54) is 0 Å². The Kier molecular flexibility index (Phi) is 17.2. The molecule has 0 aromatic carbocycles. The van der Waals surface area contributed by atoms with E-state index in [-0.39, 0.29) is 0 Å². The largest absolute Gasteiger partial charge is 0.415 e. The molecule has 0 unspecified atom stereocenters. The van der Waals surface area contributed by atoms with Crippen LogP contribution in [0.25, 0.3) is 0 Å². The number of ether oxygens (including phenoxy) is 3. The highest BCUT2D eigenvalue weighted by atomic mass is 16.6. The minimum absolute atomic E-state index is 0.355. The second-order valence-corrected chi connectivity index (χ2v) is 9.25. The molecule has 3 heterocycles. The van der Waals surface area contributed by atoms with Crippen LogP contribution in [0.4, 0.5) is 14.4 Å². The second-order valence-electron chi connectivity index (χ2n) is 9.25. The Morgan fingerprint density at radius 2 is 0.800 bits per heavy atom. The lowest BCUT2D eigenvalue weighted by molar-refractivity contribution is -0.136. The molecular weight excluding hydrogens is 600 g/mol. The normalized spacial score (nSPS) is 21.1. The zero-order valence-electron chi connectivity index (χ0n) is 25.3. The van der Waals surface area contributed by atoms with Gasteiger partial charge in [0.2, 0.25) is 0 Å². The van der Waals surface area contributed by atoms with Crippen LogP contribution in [0.5, 0.6) is 0 Å². The number of aliphatic imine (C=N–C) groups is 3. The molecule has 3 aliphatic rings. The first-order valence-corrected chi connectivity index (χ1v) is 13.8. The summed E-state index contributed by atoms with van der Waals surface area (Å²) in [5.41, 5.74) is 16.2. The third-order valence-corrected chi connectivity index (χ3v) is 5.96. The van der Waals surface area contributed by atoms with Gasteiger partial charge in [-0.3, -0.25) is 15.0 Å². The van der Waals surface area contributed by atoms with Gasteiger partial charge in [0.05, 0.1) is 0 Å². The number of hydrogen-bond donors (Lipinski definition) is 9. The molecule has 3 saturated heterocycles. The van der Waals surface area contributed by atoms with Crippen molar-refractivity contribution in [3.8, 4) is 0 Å². The molecule has 0 spiro atoms. The highest BCUT2D eigenvalue weighted by Crippen LogP contribution is 2.07. The van der Waals surface area contributed by atoms with Gasteiger partial charge in [-0.05, 0) is 38.5 Å². The second kappa shape index (κ2) is 20.5. The minimum Gasteiger partial charge on any atom is -0.375 e. The van der Waals surface area contributed by atoms with E-state index in [0.29, 0.717) is 76.0 Å². The molecule has 0 saturated carbocycles. The molecule has 252 valence electrons. The number of nitrogens with two attached hydrogens (primary N) is 3. The third kappa shape index (κ3) is 15.6. The summed E-state index contributed by atoms with van der Waals surface area (Å²) in [5.74, 6) is -0.486. The monoisotopic (exact) mass is 642 g/mol. The van der Waals surface area contributed by atoms with Crippen molar-refractivity contribution in [1.29, 1.82) is 0 Å². The van der Waals surface area contributed by atoms with Crippen molar-refractivity contribution in [3.63, 3.8) is 0 Å². The van der Waals surface area contributed by atoms with Crippen molar-refractivity contribution in [3.05, 3.63) is 0 Å². The quantitative estimate of drug-likeness (QED) is 0.0253. The van der Waals surface area contributed by atoms with E-state index < -0.39 is 54.3 Å². The molecule has 3 fully saturated rings. The summed E-state index contributed by atoms with van der Waals surface area (Å²) in [5, 5.41) is 15.8. The number of cyclic esters (lactones) is 6. The molecule has 21 heteroatoms. The topological polar surface area (TPSA) is 317 Å². The van der Waals surface area contributed by atoms with Crippen LogP contribution in [0.2, 0.25) is 0 Å².